The van der Waals surface area contributed by atoms with Gasteiger partial charge in [0.05, 0.1) is 23.2 Å². The first-order chi connectivity index (χ1) is 10.2. The highest BCUT2D eigenvalue weighted by atomic mass is 32.2. The summed E-state index contributed by atoms with van der Waals surface area (Å²) in [5.41, 5.74) is 1.88. The summed E-state index contributed by atoms with van der Waals surface area (Å²) < 4.78 is 39.5. The Labute approximate surface area is 131 Å². The number of rotatable bonds is 3. The minimum Gasteiger partial charge on any atom is -0.265 e. The highest BCUT2D eigenvalue weighted by Crippen LogP contribution is 2.45. The highest BCUT2D eigenvalue weighted by molar-refractivity contribution is 7.90. The molecule has 1 aliphatic heterocycles. The number of para-hydroxylation sites is 1. The van der Waals surface area contributed by atoms with Crippen LogP contribution in [0.1, 0.15) is 45.1 Å². The second-order valence-corrected chi connectivity index (χ2v) is 9.41. The maximum absolute atomic E-state index is 13.9. The summed E-state index contributed by atoms with van der Waals surface area (Å²) in [6, 6.07) is 7.68. The largest absolute Gasteiger partial charge is 0.265 e. The fourth-order valence-electron chi connectivity index (χ4n) is 2.58. The molecule has 22 heavy (non-hydrogen) atoms. The van der Waals surface area contributed by atoms with Crippen molar-refractivity contribution in [3.05, 3.63) is 41.9 Å². The molecule has 1 saturated carbocycles. The van der Waals surface area contributed by atoms with E-state index in [1.807, 2.05) is 24.3 Å². The van der Waals surface area contributed by atoms with Crippen molar-refractivity contribution in [3.63, 3.8) is 0 Å². The van der Waals surface area contributed by atoms with Gasteiger partial charge in [0.1, 0.15) is 5.83 Å². The van der Waals surface area contributed by atoms with Crippen LogP contribution in [-0.4, -0.2) is 24.1 Å². The molecule has 0 atom stereocenters. The van der Waals surface area contributed by atoms with Crippen molar-refractivity contribution in [1.29, 1.82) is 0 Å². The topological polar surface area (TPSA) is 40.6 Å². The standard InChI is InChI=1S/C16H21FN2O2S/c1-16(2,3)22(20,21)19-11-13(17)10-18(19)15-7-5-4-6-14(15)12-8-9-12/h4-7,11-12H,8-10H2,1-3H3. The number of hydrogen-bond donors (Lipinski definition) is 0. The van der Waals surface area contributed by atoms with Crippen LogP contribution in [-0.2, 0) is 10.0 Å². The molecule has 0 N–H and O–H groups in total. The van der Waals surface area contributed by atoms with E-state index < -0.39 is 20.6 Å². The Balaban J connectivity index is 2.04. The summed E-state index contributed by atoms with van der Waals surface area (Å²) in [7, 11) is -3.69. The zero-order chi connectivity index (χ0) is 16.1. The Bertz CT molecular complexity index is 718. The number of benzene rings is 1. The van der Waals surface area contributed by atoms with Gasteiger partial charge in [-0.3, -0.25) is 5.01 Å². The fraction of sp³-hybridized carbons (Fsp3) is 0.500. The Morgan fingerprint density at radius 3 is 2.41 bits per heavy atom. The van der Waals surface area contributed by atoms with Crippen molar-refractivity contribution >= 4 is 15.7 Å². The molecule has 2 aliphatic rings. The smallest absolute Gasteiger partial charge is 0.257 e. The van der Waals surface area contributed by atoms with Gasteiger partial charge in [-0.25, -0.2) is 12.8 Å². The lowest BCUT2D eigenvalue weighted by Crippen LogP contribution is -2.47. The van der Waals surface area contributed by atoms with Gasteiger partial charge in [-0.1, -0.05) is 18.2 Å². The summed E-state index contributed by atoms with van der Waals surface area (Å²) in [5.74, 6) is 0.0116. The van der Waals surface area contributed by atoms with Crippen molar-refractivity contribution in [1.82, 2.24) is 4.41 Å². The molecule has 120 valence electrons. The van der Waals surface area contributed by atoms with E-state index >= 15 is 0 Å². The number of halogens is 1. The normalized spacial score (nSPS) is 19.5. The summed E-state index contributed by atoms with van der Waals surface area (Å²) in [4.78, 5) is 0. The van der Waals surface area contributed by atoms with Gasteiger partial charge in [-0.05, 0) is 51.2 Å². The van der Waals surface area contributed by atoms with Crippen molar-refractivity contribution in [2.75, 3.05) is 11.6 Å². The summed E-state index contributed by atoms with van der Waals surface area (Å²) >= 11 is 0. The third-order valence-corrected chi connectivity index (χ3v) is 6.38. The van der Waals surface area contributed by atoms with Crippen LogP contribution in [0.25, 0.3) is 0 Å². The van der Waals surface area contributed by atoms with E-state index in [4.69, 9.17) is 0 Å². The molecule has 1 heterocycles. The zero-order valence-corrected chi connectivity index (χ0v) is 13.9. The van der Waals surface area contributed by atoms with Gasteiger partial charge in [-0.2, -0.15) is 4.41 Å². The summed E-state index contributed by atoms with van der Waals surface area (Å²) in [5, 5.41) is 1.53. The molecule has 1 aromatic carbocycles. The van der Waals surface area contributed by atoms with Crippen LogP contribution in [0, 0.1) is 0 Å². The second kappa shape index (κ2) is 4.98. The molecule has 1 aliphatic carbocycles. The van der Waals surface area contributed by atoms with E-state index in [2.05, 4.69) is 0 Å². The van der Waals surface area contributed by atoms with Gasteiger partial charge in [0.2, 0.25) is 0 Å². The lowest BCUT2D eigenvalue weighted by molar-refractivity contribution is 0.467. The van der Waals surface area contributed by atoms with Gasteiger partial charge in [0.25, 0.3) is 10.0 Å². The first kappa shape index (κ1) is 15.3. The van der Waals surface area contributed by atoms with Crippen molar-refractivity contribution < 1.29 is 12.8 Å². The Kier molecular flexibility index (Phi) is 3.47. The highest BCUT2D eigenvalue weighted by Gasteiger charge is 2.41. The lowest BCUT2D eigenvalue weighted by atomic mass is 10.1. The lowest BCUT2D eigenvalue weighted by Gasteiger charge is -2.35. The average molecular weight is 324 g/mol. The average Bonchev–Trinajstić information content (AvgIpc) is 3.20. The first-order valence-corrected chi connectivity index (χ1v) is 8.92. The maximum Gasteiger partial charge on any atom is 0.257 e. The van der Waals surface area contributed by atoms with Crippen LogP contribution in [0.2, 0.25) is 0 Å². The molecule has 0 aromatic heterocycles. The van der Waals surface area contributed by atoms with Crippen LogP contribution >= 0.6 is 0 Å². The quantitative estimate of drug-likeness (QED) is 0.854. The van der Waals surface area contributed by atoms with E-state index in [0.717, 1.165) is 34.7 Å². The van der Waals surface area contributed by atoms with Crippen molar-refractivity contribution in [2.24, 2.45) is 0 Å². The van der Waals surface area contributed by atoms with Gasteiger partial charge in [-0.15, -0.1) is 0 Å². The molecule has 3 rings (SSSR count). The summed E-state index contributed by atoms with van der Waals surface area (Å²) in [6.45, 7) is 4.82. The Morgan fingerprint density at radius 2 is 1.82 bits per heavy atom. The van der Waals surface area contributed by atoms with Gasteiger partial charge < -0.3 is 0 Å². The van der Waals surface area contributed by atoms with Crippen LogP contribution in [0.3, 0.4) is 0 Å². The third kappa shape index (κ3) is 2.49. The molecule has 0 spiro atoms. The SMILES string of the molecule is CC(C)(C)S(=O)(=O)N1C=C(F)CN1c1ccccc1C1CC1. The molecular formula is C16H21FN2O2S. The molecule has 0 radical (unpaired) electrons. The fourth-order valence-corrected chi connectivity index (χ4v) is 3.80. The predicted molar refractivity (Wildman–Crippen MR) is 85.5 cm³/mol. The van der Waals surface area contributed by atoms with E-state index in [-0.39, 0.29) is 6.54 Å². The molecule has 4 nitrogen and oxygen atoms in total. The molecule has 0 saturated heterocycles. The Hall–Kier alpha value is -1.56. The van der Waals surface area contributed by atoms with Crippen LogP contribution in [0.15, 0.2) is 36.3 Å². The molecule has 1 aromatic rings. The number of hydrogen-bond acceptors (Lipinski definition) is 3. The van der Waals surface area contributed by atoms with E-state index in [1.165, 1.54) is 5.01 Å². The van der Waals surface area contributed by atoms with Crippen LogP contribution < -0.4 is 5.01 Å². The molecule has 0 amide bonds. The van der Waals surface area contributed by atoms with Gasteiger partial charge in [0.15, 0.2) is 0 Å². The van der Waals surface area contributed by atoms with Gasteiger partial charge in [0, 0.05) is 0 Å². The second-order valence-electron chi connectivity index (χ2n) is 6.86. The predicted octanol–water partition coefficient (Wildman–Crippen LogP) is 3.54. The van der Waals surface area contributed by atoms with Crippen molar-refractivity contribution in [2.45, 2.75) is 44.3 Å². The van der Waals surface area contributed by atoms with E-state index in [0.29, 0.717) is 5.92 Å². The number of anilines is 1. The molecule has 1 fully saturated rings. The summed E-state index contributed by atoms with van der Waals surface area (Å²) in [6.07, 6.45) is 3.30. The monoisotopic (exact) mass is 324 g/mol. The van der Waals surface area contributed by atoms with Crippen molar-refractivity contribution in [3.8, 4) is 0 Å². The Morgan fingerprint density at radius 1 is 1.18 bits per heavy atom. The minimum absolute atomic E-state index is 0.0426. The zero-order valence-electron chi connectivity index (χ0n) is 13.1. The minimum atomic E-state index is -3.69. The third-order valence-electron chi connectivity index (χ3n) is 4.04. The molecular weight excluding hydrogens is 303 g/mol. The molecule has 0 bridgehead atoms. The van der Waals surface area contributed by atoms with Crippen LogP contribution in [0.4, 0.5) is 10.1 Å². The molecule has 6 heteroatoms. The van der Waals surface area contributed by atoms with Gasteiger partial charge >= 0.3 is 0 Å². The first-order valence-electron chi connectivity index (χ1n) is 7.48. The number of hydrazine groups is 1. The van der Waals surface area contributed by atoms with E-state index in [1.54, 1.807) is 20.8 Å². The maximum atomic E-state index is 13.9. The molecule has 0 unspecified atom stereocenters. The van der Waals surface area contributed by atoms with E-state index in [9.17, 15) is 12.8 Å². The van der Waals surface area contributed by atoms with Crippen LogP contribution in [0.5, 0.6) is 0 Å². The number of sulfonamides is 1. The number of nitrogens with zero attached hydrogens (tertiary/aromatic N) is 2.